The van der Waals surface area contributed by atoms with Gasteiger partial charge in [-0.3, -0.25) is 0 Å². The van der Waals surface area contributed by atoms with Gasteiger partial charge in [0.2, 0.25) is 0 Å². The van der Waals surface area contributed by atoms with Gasteiger partial charge < -0.3 is 14.8 Å². The van der Waals surface area contributed by atoms with Gasteiger partial charge >= 0.3 is 6.03 Å². The number of anilines is 1. The van der Waals surface area contributed by atoms with Crippen LogP contribution in [0.1, 0.15) is 36.7 Å². The van der Waals surface area contributed by atoms with Gasteiger partial charge in [-0.1, -0.05) is 13.0 Å². The molecule has 0 bridgehead atoms. The average molecular weight is 312 g/mol. The number of urea groups is 1. The number of hydrogen-bond acceptors (Lipinski definition) is 2. The second-order valence-corrected chi connectivity index (χ2v) is 6.14. The van der Waals surface area contributed by atoms with E-state index in [9.17, 15) is 4.79 Å². The Labute approximate surface area is 137 Å². The SMILES string of the molecule is CCCN(Cc1nccn1C)C(=O)Nc1ccc2c(c1)CCC2. The number of amides is 2. The molecular formula is C18H24N4O. The maximum Gasteiger partial charge on any atom is 0.322 e. The van der Waals surface area contributed by atoms with Crippen LogP contribution in [0, 0.1) is 0 Å². The minimum absolute atomic E-state index is 0.0622. The van der Waals surface area contributed by atoms with E-state index in [1.807, 2.05) is 28.8 Å². The van der Waals surface area contributed by atoms with Gasteiger partial charge in [-0.25, -0.2) is 9.78 Å². The molecule has 2 aromatic rings. The zero-order valence-electron chi connectivity index (χ0n) is 13.9. The highest BCUT2D eigenvalue weighted by molar-refractivity contribution is 5.89. The van der Waals surface area contributed by atoms with Gasteiger partial charge in [-0.2, -0.15) is 0 Å². The molecule has 0 saturated carbocycles. The van der Waals surface area contributed by atoms with Crippen molar-refractivity contribution in [1.29, 1.82) is 0 Å². The van der Waals surface area contributed by atoms with Crippen LogP contribution in [-0.4, -0.2) is 27.0 Å². The Hall–Kier alpha value is -2.30. The van der Waals surface area contributed by atoms with E-state index in [1.54, 1.807) is 6.20 Å². The molecule has 0 unspecified atom stereocenters. The lowest BCUT2D eigenvalue weighted by atomic mass is 10.1. The number of aromatic nitrogens is 2. The number of hydrogen-bond donors (Lipinski definition) is 1. The van der Waals surface area contributed by atoms with E-state index in [4.69, 9.17) is 0 Å². The number of nitrogens with one attached hydrogen (secondary N) is 1. The van der Waals surface area contributed by atoms with Crippen LogP contribution >= 0.6 is 0 Å². The van der Waals surface area contributed by atoms with Crippen molar-refractivity contribution in [2.45, 2.75) is 39.2 Å². The largest absolute Gasteiger partial charge is 0.337 e. The summed E-state index contributed by atoms with van der Waals surface area (Å²) in [6.07, 6.45) is 8.07. The Morgan fingerprint density at radius 3 is 2.91 bits per heavy atom. The van der Waals surface area contributed by atoms with Crippen molar-refractivity contribution >= 4 is 11.7 Å². The zero-order valence-corrected chi connectivity index (χ0v) is 13.9. The van der Waals surface area contributed by atoms with Crippen LogP contribution in [0.4, 0.5) is 10.5 Å². The van der Waals surface area contributed by atoms with E-state index in [0.29, 0.717) is 13.1 Å². The Morgan fingerprint density at radius 1 is 1.35 bits per heavy atom. The van der Waals surface area contributed by atoms with E-state index in [-0.39, 0.29) is 6.03 Å². The highest BCUT2D eigenvalue weighted by Crippen LogP contribution is 2.25. The maximum absolute atomic E-state index is 12.6. The minimum atomic E-state index is -0.0622. The second-order valence-electron chi connectivity index (χ2n) is 6.14. The van der Waals surface area contributed by atoms with Crippen molar-refractivity contribution in [2.75, 3.05) is 11.9 Å². The molecule has 0 aliphatic heterocycles. The van der Waals surface area contributed by atoms with E-state index in [2.05, 4.69) is 29.4 Å². The van der Waals surface area contributed by atoms with Crippen molar-refractivity contribution in [2.24, 2.45) is 7.05 Å². The lowest BCUT2D eigenvalue weighted by Gasteiger charge is -2.22. The minimum Gasteiger partial charge on any atom is -0.337 e. The van der Waals surface area contributed by atoms with E-state index in [0.717, 1.165) is 30.8 Å². The van der Waals surface area contributed by atoms with Gasteiger partial charge in [-0.05, 0) is 48.9 Å². The normalized spacial score (nSPS) is 13.0. The van der Waals surface area contributed by atoms with Crippen molar-refractivity contribution in [1.82, 2.24) is 14.5 Å². The lowest BCUT2D eigenvalue weighted by molar-refractivity contribution is 0.207. The highest BCUT2D eigenvalue weighted by Gasteiger charge is 2.17. The standard InChI is InChI=1S/C18H24N4O/c1-3-10-22(13-17-19-9-11-21(17)2)18(23)20-16-8-7-14-5-4-6-15(14)12-16/h7-9,11-12H,3-6,10,13H2,1-2H3,(H,20,23). The molecule has 0 saturated heterocycles. The molecule has 23 heavy (non-hydrogen) atoms. The smallest absolute Gasteiger partial charge is 0.322 e. The molecule has 0 fully saturated rings. The maximum atomic E-state index is 12.6. The Kier molecular flexibility index (Phi) is 4.65. The first-order chi connectivity index (χ1) is 11.2. The molecule has 3 rings (SSSR count). The second kappa shape index (κ2) is 6.86. The first-order valence-electron chi connectivity index (χ1n) is 8.31. The molecule has 5 nitrogen and oxygen atoms in total. The molecule has 5 heteroatoms. The van der Waals surface area contributed by atoms with Crippen molar-refractivity contribution < 1.29 is 4.79 Å². The fourth-order valence-corrected chi connectivity index (χ4v) is 3.09. The monoisotopic (exact) mass is 312 g/mol. The van der Waals surface area contributed by atoms with Crippen LogP contribution in [0.3, 0.4) is 0 Å². The summed E-state index contributed by atoms with van der Waals surface area (Å²) in [5, 5.41) is 3.04. The van der Waals surface area contributed by atoms with Gasteiger partial charge in [0.25, 0.3) is 0 Å². The Morgan fingerprint density at radius 2 is 2.17 bits per heavy atom. The number of benzene rings is 1. The molecule has 0 spiro atoms. The van der Waals surface area contributed by atoms with Crippen molar-refractivity contribution in [3.8, 4) is 0 Å². The van der Waals surface area contributed by atoms with Crippen LogP contribution in [-0.2, 0) is 26.4 Å². The molecule has 1 aliphatic rings. The number of rotatable bonds is 5. The highest BCUT2D eigenvalue weighted by atomic mass is 16.2. The summed E-state index contributed by atoms with van der Waals surface area (Å²) in [5.41, 5.74) is 3.67. The third kappa shape index (κ3) is 3.55. The third-order valence-corrected chi connectivity index (χ3v) is 4.38. The summed E-state index contributed by atoms with van der Waals surface area (Å²) in [6.45, 7) is 3.31. The van der Waals surface area contributed by atoms with Crippen molar-refractivity contribution in [3.63, 3.8) is 0 Å². The topological polar surface area (TPSA) is 50.2 Å². The molecule has 0 radical (unpaired) electrons. The average Bonchev–Trinajstić information content (AvgIpc) is 3.15. The van der Waals surface area contributed by atoms with Crippen LogP contribution in [0.15, 0.2) is 30.6 Å². The number of carbonyl (C=O) groups is 1. The number of aryl methyl sites for hydroxylation is 3. The molecule has 1 aromatic heterocycles. The van der Waals surface area contributed by atoms with Gasteiger partial charge in [-0.15, -0.1) is 0 Å². The van der Waals surface area contributed by atoms with Crippen molar-refractivity contribution in [3.05, 3.63) is 47.5 Å². The zero-order chi connectivity index (χ0) is 16.2. The Balaban J connectivity index is 1.69. The predicted octanol–water partition coefficient (Wildman–Crippen LogP) is 3.35. The van der Waals surface area contributed by atoms with Gasteiger partial charge in [0.05, 0.1) is 6.54 Å². The molecule has 1 heterocycles. The van der Waals surface area contributed by atoms with E-state index in [1.165, 1.54) is 17.5 Å². The molecule has 122 valence electrons. The first kappa shape index (κ1) is 15.6. The Bertz CT molecular complexity index is 692. The number of fused-ring (bicyclic) bond motifs is 1. The number of nitrogens with zero attached hydrogens (tertiary/aromatic N) is 3. The summed E-state index contributed by atoms with van der Waals surface area (Å²) in [6, 6.07) is 6.20. The summed E-state index contributed by atoms with van der Waals surface area (Å²) in [4.78, 5) is 18.7. The molecule has 1 N–H and O–H groups in total. The van der Waals surface area contributed by atoms with Crippen LogP contribution in [0.5, 0.6) is 0 Å². The summed E-state index contributed by atoms with van der Waals surface area (Å²) < 4.78 is 1.95. The van der Waals surface area contributed by atoms with Gasteiger partial charge in [0, 0.05) is 31.7 Å². The molecule has 1 aliphatic carbocycles. The molecular weight excluding hydrogens is 288 g/mol. The van der Waals surface area contributed by atoms with E-state index < -0.39 is 0 Å². The van der Waals surface area contributed by atoms with Gasteiger partial charge in [0.15, 0.2) is 0 Å². The summed E-state index contributed by atoms with van der Waals surface area (Å²) in [7, 11) is 1.95. The van der Waals surface area contributed by atoms with Gasteiger partial charge in [0.1, 0.15) is 5.82 Å². The molecule has 1 aromatic carbocycles. The van der Waals surface area contributed by atoms with Crippen LogP contribution in [0.2, 0.25) is 0 Å². The number of imidazole rings is 1. The fourth-order valence-electron chi connectivity index (χ4n) is 3.09. The first-order valence-corrected chi connectivity index (χ1v) is 8.31. The van der Waals surface area contributed by atoms with E-state index >= 15 is 0 Å². The quantitative estimate of drug-likeness (QED) is 0.920. The van der Waals surface area contributed by atoms with Crippen LogP contribution in [0.25, 0.3) is 0 Å². The molecule has 2 amide bonds. The molecule has 0 atom stereocenters. The van der Waals surface area contributed by atoms with Crippen LogP contribution < -0.4 is 5.32 Å². The summed E-state index contributed by atoms with van der Waals surface area (Å²) in [5.74, 6) is 0.891. The predicted molar refractivity (Wildman–Crippen MR) is 91.4 cm³/mol. The number of carbonyl (C=O) groups excluding carboxylic acids is 1. The summed E-state index contributed by atoms with van der Waals surface area (Å²) >= 11 is 0. The third-order valence-electron chi connectivity index (χ3n) is 4.38. The fraction of sp³-hybridized carbons (Fsp3) is 0.444. The lowest BCUT2D eigenvalue weighted by Crippen LogP contribution is -2.35.